The van der Waals surface area contributed by atoms with Crippen molar-refractivity contribution in [2.45, 2.75) is 39.9 Å². The number of carbonyl (C=O) groups excluding carboxylic acids is 4. The van der Waals surface area contributed by atoms with Gasteiger partial charge in [-0.25, -0.2) is 9.59 Å². The molecule has 0 N–H and O–H groups in total. The summed E-state index contributed by atoms with van der Waals surface area (Å²) < 4.78 is 18.6. The van der Waals surface area contributed by atoms with Gasteiger partial charge in [0.15, 0.2) is 0 Å². The van der Waals surface area contributed by atoms with E-state index in [-0.39, 0.29) is 13.2 Å². The molecule has 0 bridgehead atoms. The Morgan fingerprint density at radius 1 is 0.792 bits per heavy atom. The maximum absolute atomic E-state index is 10.6. The first-order valence-corrected chi connectivity index (χ1v) is 7.05. The van der Waals surface area contributed by atoms with Crippen LogP contribution in [0.25, 0.3) is 0 Å². The van der Waals surface area contributed by atoms with Crippen LogP contribution in [-0.2, 0) is 38.1 Å². The summed E-state index contributed by atoms with van der Waals surface area (Å²) in [6.07, 6.45) is 1.27. The van der Waals surface area contributed by atoms with Gasteiger partial charge in [0.1, 0.15) is 25.4 Å². The Bertz CT molecular complexity index is 455. The number of hydrogen-bond donors (Lipinski definition) is 0. The molecule has 0 saturated heterocycles. The fourth-order valence-corrected chi connectivity index (χ4v) is 1.09. The van der Waals surface area contributed by atoms with E-state index in [0.717, 1.165) is 12.2 Å². The molecule has 0 heterocycles. The Labute approximate surface area is 141 Å². The zero-order valence-electron chi connectivity index (χ0n) is 14.4. The maximum Gasteiger partial charge on any atom is 0.330 e. The van der Waals surface area contributed by atoms with E-state index >= 15 is 0 Å². The molecule has 0 spiro atoms. The lowest BCUT2D eigenvalue weighted by molar-refractivity contribution is -0.153. The number of carbonyl (C=O) groups is 4. The molecule has 0 saturated carbocycles. The standard InChI is InChI=1S/2C8H12O4/c1-4-8(10)11-5-6(2)12-7(3)9;1-4-8(10)12-6(2)5-11-7(3)9/h2*4,6H,1,5H2,2-3H3. The highest BCUT2D eigenvalue weighted by Crippen LogP contribution is 1.94. The highest BCUT2D eigenvalue weighted by Gasteiger charge is 2.07. The van der Waals surface area contributed by atoms with Gasteiger partial charge in [0.25, 0.3) is 0 Å². The zero-order valence-corrected chi connectivity index (χ0v) is 14.4. The van der Waals surface area contributed by atoms with Crippen LogP contribution in [-0.4, -0.2) is 49.3 Å². The maximum atomic E-state index is 10.6. The van der Waals surface area contributed by atoms with E-state index in [1.807, 2.05) is 0 Å². The summed E-state index contributed by atoms with van der Waals surface area (Å²) in [5.41, 5.74) is 0. The minimum atomic E-state index is -0.519. The molecule has 0 rings (SSSR count). The summed E-state index contributed by atoms with van der Waals surface area (Å²) >= 11 is 0. The fraction of sp³-hybridized carbons (Fsp3) is 0.500. The Morgan fingerprint density at radius 2 is 1.25 bits per heavy atom. The van der Waals surface area contributed by atoms with E-state index in [1.165, 1.54) is 13.8 Å². The average molecular weight is 344 g/mol. The van der Waals surface area contributed by atoms with Gasteiger partial charge < -0.3 is 18.9 Å². The van der Waals surface area contributed by atoms with Crippen LogP contribution >= 0.6 is 0 Å². The van der Waals surface area contributed by atoms with Crippen molar-refractivity contribution in [3.05, 3.63) is 25.3 Å². The summed E-state index contributed by atoms with van der Waals surface area (Å²) in [5.74, 6) is -1.82. The lowest BCUT2D eigenvalue weighted by Crippen LogP contribution is -2.20. The van der Waals surface area contributed by atoms with Gasteiger partial charge in [-0.2, -0.15) is 0 Å². The van der Waals surface area contributed by atoms with E-state index in [0.29, 0.717) is 0 Å². The quantitative estimate of drug-likeness (QED) is 0.369. The molecule has 0 aliphatic heterocycles. The van der Waals surface area contributed by atoms with Gasteiger partial charge in [-0.3, -0.25) is 9.59 Å². The molecule has 0 aromatic rings. The van der Waals surface area contributed by atoms with Crippen LogP contribution in [0.1, 0.15) is 27.7 Å². The lowest BCUT2D eigenvalue weighted by Gasteiger charge is -2.10. The molecular weight excluding hydrogens is 320 g/mol. The second kappa shape index (κ2) is 14.0. The molecule has 0 fully saturated rings. The highest BCUT2D eigenvalue weighted by molar-refractivity contribution is 5.81. The third-order valence-electron chi connectivity index (χ3n) is 2.00. The molecule has 136 valence electrons. The lowest BCUT2D eigenvalue weighted by atomic mass is 10.4. The summed E-state index contributed by atoms with van der Waals surface area (Å²) in [5, 5.41) is 0. The van der Waals surface area contributed by atoms with Gasteiger partial charge in [0.05, 0.1) is 0 Å². The second-order valence-electron chi connectivity index (χ2n) is 4.51. The average Bonchev–Trinajstić information content (AvgIpc) is 2.50. The first kappa shape index (κ1) is 23.6. The van der Waals surface area contributed by atoms with Crippen LogP contribution in [0.2, 0.25) is 0 Å². The molecule has 0 aliphatic carbocycles. The topological polar surface area (TPSA) is 105 Å². The number of esters is 4. The summed E-state index contributed by atoms with van der Waals surface area (Å²) in [6.45, 7) is 12.4. The largest absolute Gasteiger partial charge is 0.462 e. The van der Waals surface area contributed by atoms with Crippen molar-refractivity contribution >= 4 is 23.9 Å². The van der Waals surface area contributed by atoms with Gasteiger partial charge in [-0.1, -0.05) is 13.2 Å². The van der Waals surface area contributed by atoms with Crippen molar-refractivity contribution in [2.75, 3.05) is 13.2 Å². The van der Waals surface area contributed by atoms with Crippen LogP contribution < -0.4 is 0 Å². The molecule has 2 atom stereocenters. The van der Waals surface area contributed by atoms with E-state index in [1.54, 1.807) is 13.8 Å². The Hall–Kier alpha value is -2.64. The van der Waals surface area contributed by atoms with Crippen LogP contribution in [0.5, 0.6) is 0 Å². The molecule has 24 heavy (non-hydrogen) atoms. The Morgan fingerprint density at radius 3 is 1.67 bits per heavy atom. The van der Waals surface area contributed by atoms with Crippen LogP contribution in [0.3, 0.4) is 0 Å². The predicted octanol–water partition coefficient (Wildman–Crippen LogP) is 1.33. The molecular formula is C16H24O8. The molecule has 8 heteroatoms. The van der Waals surface area contributed by atoms with E-state index in [9.17, 15) is 19.2 Å². The third kappa shape index (κ3) is 17.4. The monoisotopic (exact) mass is 344 g/mol. The van der Waals surface area contributed by atoms with E-state index in [4.69, 9.17) is 9.47 Å². The van der Waals surface area contributed by atoms with Crippen molar-refractivity contribution in [2.24, 2.45) is 0 Å². The summed E-state index contributed by atoms with van der Waals surface area (Å²) in [7, 11) is 0. The molecule has 2 unspecified atom stereocenters. The van der Waals surface area contributed by atoms with Crippen molar-refractivity contribution in [1.29, 1.82) is 0 Å². The number of rotatable bonds is 8. The minimum Gasteiger partial charge on any atom is -0.462 e. The molecule has 0 aromatic heterocycles. The summed E-state index contributed by atoms with van der Waals surface area (Å²) in [4.78, 5) is 41.8. The van der Waals surface area contributed by atoms with Crippen LogP contribution in [0.15, 0.2) is 25.3 Å². The molecule has 0 aromatic carbocycles. The van der Waals surface area contributed by atoms with Gasteiger partial charge in [0.2, 0.25) is 0 Å². The predicted molar refractivity (Wildman–Crippen MR) is 84.8 cm³/mol. The summed E-state index contributed by atoms with van der Waals surface area (Å²) in [6, 6.07) is 0. The molecule has 0 amide bonds. The third-order valence-corrected chi connectivity index (χ3v) is 2.00. The Kier molecular flexibility index (Phi) is 13.8. The Balaban J connectivity index is 0. The number of ether oxygens (including phenoxy) is 4. The van der Waals surface area contributed by atoms with Crippen molar-refractivity contribution in [1.82, 2.24) is 0 Å². The fourth-order valence-electron chi connectivity index (χ4n) is 1.09. The van der Waals surface area contributed by atoms with E-state index in [2.05, 4.69) is 22.6 Å². The van der Waals surface area contributed by atoms with Crippen molar-refractivity contribution in [3.8, 4) is 0 Å². The van der Waals surface area contributed by atoms with E-state index < -0.39 is 36.1 Å². The van der Waals surface area contributed by atoms with Gasteiger partial charge in [-0.05, 0) is 13.8 Å². The number of hydrogen-bond acceptors (Lipinski definition) is 8. The highest BCUT2D eigenvalue weighted by atomic mass is 16.6. The normalized spacial score (nSPS) is 11.5. The molecule has 0 radical (unpaired) electrons. The zero-order chi connectivity index (χ0) is 19.1. The molecule has 0 aliphatic rings. The second-order valence-corrected chi connectivity index (χ2v) is 4.51. The van der Waals surface area contributed by atoms with Crippen LogP contribution in [0, 0.1) is 0 Å². The van der Waals surface area contributed by atoms with Gasteiger partial charge in [-0.15, -0.1) is 0 Å². The van der Waals surface area contributed by atoms with Crippen molar-refractivity contribution < 1.29 is 38.1 Å². The van der Waals surface area contributed by atoms with Gasteiger partial charge >= 0.3 is 23.9 Å². The van der Waals surface area contributed by atoms with Crippen LogP contribution in [0.4, 0.5) is 0 Å². The SMILES string of the molecule is C=CC(=O)OC(C)COC(C)=O.C=CC(=O)OCC(C)OC(C)=O. The first-order valence-electron chi connectivity index (χ1n) is 7.05. The first-order chi connectivity index (χ1) is 11.1. The smallest absolute Gasteiger partial charge is 0.330 e. The van der Waals surface area contributed by atoms with Gasteiger partial charge in [0, 0.05) is 26.0 Å². The molecule has 8 nitrogen and oxygen atoms in total. The van der Waals surface area contributed by atoms with Crippen molar-refractivity contribution in [3.63, 3.8) is 0 Å². The minimum absolute atomic E-state index is 0.0600.